The minimum atomic E-state index is -0.445. The van der Waals surface area contributed by atoms with Gasteiger partial charge in [-0.3, -0.25) is 0 Å². The van der Waals surface area contributed by atoms with Crippen molar-refractivity contribution in [3.8, 4) is 0 Å². The predicted octanol–water partition coefficient (Wildman–Crippen LogP) is 5.34. The molecule has 1 heteroatoms. The van der Waals surface area contributed by atoms with Crippen molar-refractivity contribution in [3.63, 3.8) is 0 Å². The molecule has 1 N–H and O–H groups in total. The van der Waals surface area contributed by atoms with Gasteiger partial charge in [-0.2, -0.15) is 0 Å². The van der Waals surface area contributed by atoms with Gasteiger partial charge >= 0.3 is 0 Å². The fourth-order valence-corrected chi connectivity index (χ4v) is 6.73. The molecule has 3 fully saturated rings. The van der Waals surface area contributed by atoms with E-state index >= 15 is 0 Å². The van der Waals surface area contributed by atoms with Crippen molar-refractivity contribution >= 4 is 0 Å². The quantitative estimate of drug-likeness (QED) is 0.647. The van der Waals surface area contributed by atoms with Gasteiger partial charge in [0.05, 0.1) is 5.60 Å². The molecule has 0 radical (unpaired) electrons. The number of allylic oxidation sites excluding steroid dienone is 1. The molecule has 0 aliphatic heterocycles. The van der Waals surface area contributed by atoms with Crippen LogP contribution in [0.3, 0.4) is 0 Å². The van der Waals surface area contributed by atoms with Crippen molar-refractivity contribution in [2.75, 3.05) is 0 Å². The van der Waals surface area contributed by atoms with E-state index in [0.717, 1.165) is 18.8 Å². The first-order valence-electron chi connectivity index (χ1n) is 9.01. The molecule has 0 bridgehead atoms. The third-order valence-corrected chi connectivity index (χ3v) is 7.79. The molecule has 21 heavy (non-hydrogen) atoms. The molecule has 120 valence electrons. The molecule has 0 spiro atoms. The molecule has 3 saturated carbocycles. The maximum absolute atomic E-state index is 11.5. The van der Waals surface area contributed by atoms with Gasteiger partial charge in [0.2, 0.25) is 0 Å². The molecule has 1 nitrogen and oxygen atoms in total. The van der Waals surface area contributed by atoms with Gasteiger partial charge in [0.15, 0.2) is 0 Å². The SMILES string of the molecule is C=C[C@@]1(C)CCC2[C@@](O)(CCC3C(C)(C)CCC[C@]32C)C1. The maximum atomic E-state index is 11.5. The number of rotatable bonds is 1. The van der Waals surface area contributed by atoms with Crippen molar-refractivity contribution in [1.29, 1.82) is 0 Å². The van der Waals surface area contributed by atoms with Crippen molar-refractivity contribution in [3.05, 3.63) is 12.7 Å². The van der Waals surface area contributed by atoms with E-state index in [0.29, 0.717) is 16.7 Å². The summed E-state index contributed by atoms with van der Waals surface area (Å²) in [5.41, 5.74) is 0.489. The number of aliphatic hydroxyl groups is 1. The van der Waals surface area contributed by atoms with Gasteiger partial charge in [-0.25, -0.2) is 0 Å². The van der Waals surface area contributed by atoms with Crippen LogP contribution in [0.15, 0.2) is 12.7 Å². The molecule has 5 atom stereocenters. The Morgan fingerprint density at radius 3 is 2.29 bits per heavy atom. The molecule has 0 amide bonds. The van der Waals surface area contributed by atoms with Gasteiger partial charge in [0.25, 0.3) is 0 Å². The zero-order valence-electron chi connectivity index (χ0n) is 14.5. The van der Waals surface area contributed by atoms with Gasteiger partial charge < -0.3 is 5.11 Å². The van der Waals surface area contributed by atoms with E-state index in [4.69, 9.17) is 0 Å². The van der Waals surface area contributed by atoms with Gasteiger partial charge in [-0.05, 0) is 73.0 Å². The van der Waals surface area contributed by atoms with E-state index in [2.05, 4.69) is 40.3 Å². The Labute approximate surface area is 131 Å². The zero-order chi connectivity index (χ0) is 15.5. The summed E-state index contributed by atoms with van der Waals surface area (Å²) in [6, 6.07) is 0. The largest absolute Gasteiger partial charge is 0.390 e. The van der Waals surface area contributed by atoms with E-state index in [9.17, 15) is 5.11 Å². The van der Waals surface area contributed by atoms with Gasteiger partial charge in [-0.1, -0.05) is 40.2 Å². The van der Waals surface area contributed by atoms with Gasteiger partial charge in [-0.15, -0.1) is 6.58 Å². The number of hydrogen-bond acceptors (Lipinski definition) is 1. The lowest BCUT2D eigenvalue weighted by atomic mass is 9.42. The summed E-state index contributed by atoms with van der Waals surface area (Å²) >= 11 is 0. The fourth-order valence-electron chi connectivity index (χ4n) is 6.73. The smallest absolute Gasteiger partial charge is 0.0689 e. The van der Waals surface area contributed by atoms with Crippen molar-refractivity contribution in [1.82, 2.24) is 0 Å². The number of fused-ring (bicyclic) bond motifs is 3. The second-order valence-electron chi connectivity index (χ2n) is 9.67. The van der Waals surface area contributed by atoms with Crippen LogP contribution < -0.4 is 0 Å². The lowest BCUT2D eigenvalue weighted by molar-refractivity contribution is -0.202. The second-order valence-corrected chi connectivity index (χ2v) is 9.67. The van der Waals surface area contributed by atoms with Crippen LogP contribution in [-0.2, 0) is 0 Å². The van der Waals surface area contributed by atoms with Crippen LogP contribution in [0.2, 0.25) is 0 Å². The van der Waals surface area contributed by atoms with Crippen LogP contribution in [0.4, 0.5) is 0 Å². The third-order valence-electron chi connectivity index (χ3n) is 7.79. The predicted molar refractivity (Wildman–Crippen MR) is 89.1 cm³/mol. The molecule has 2 unspecified atom stereocenters. The standard InChI is InChI=1S/C20H34O/c1-6-18(4)12-8-16-19(5)11-7-10-17(2,3)15(19)9-13-20(16,21)14-18/h6,15-16,21H,1,7-14H2,2-5H3/t15?,16?,18-,19+,20+/m0/s1. The van der Waals surface area contributed by atoms with E-state index in [1.807, 2.05) is 0 Å². The summed E-state index contributed by atoms with van der Waals surface area (Å²) in [6.07, 6.45) is 11.6. The maximum Gasteiger partial charge on any atom is 0.0689 e. The van der Waals surface area contributed by atoms with Crippen molar-refractivity contribution in [2.45, 2.75) is 84.7 Å². The molecule has 0 aromatic carbocycles. The van der Waals surface area contributed by atoms with Crippen LogP contribution in [0, 0.1) is 28.1 Å². The molecular weight excluding hydrogens is 256 g/mol. The summed E-state index contributed by atoms with van der Waals surface area (Å²) < 4.78 is 0. The highest BCUT2D eigenvalue weighted by Gasteiger charge is 2.61. The first-order chi connectivity index (χ1) is 9.65. The average Bonchev–Trinajstić information content (AvgIpc) is 2.36. The third kappa shape index (κ3) is 2.22. The highest BCUT2D eigenvalue weighted by molar-refractivity contribution is 5.13. The van der Waals surface area contributed by atoms with Crippen LogP contribution in [0.5, 0.6) is 0 Å². The van der Waals surface area contributed by atoms with Gasteiger partial charge in [0.1, 0.15) is 0 Å². The Kier molecular flexibility index (Phi) is 3.41. The molecule has 3 aliphatic carbocycles. The first kappa shape index (κ1) is 15.6. The zero-order valence-corrected chi connectivity index (χ0v) is 14.5. The second kappa shape index (κ2) is 4.60. The average molecular weight is 290 g/mol. The topological polar surface area (TPSA) is 20.2 Å². The molecule has 0 saturated heterocycles. The minimum Gasteiger partial charge on any atom is -0.390 e. The highest BCUT2D eigenvalue weighted by Crippen LogP contribution is 2.66. The summed E-state index contributed by atoms with van der Waals surface area (Å²) in [5, 5.41) is 11.5. The van der Waals surface area contributed by atoms with Crippen LogP contribution in [0.25, 0.3) is 0 Å². The Morgan fingerprint density at radius 2 is 1.62 bits per heavy atom. The summed E-state index contributed by atoms with van der Waals surface area (Å²) in [4.78, 5) is 0. The Bertz CT molecular complexity index is 439. The molecule has 0 aromatic rings. The summed E-state index contributed by atoms with van der Waals surface area (Å²) in [5.74, 6) is 1.29. The van der Waals surface area contributed by atoms with E-state index in [1.54, 1.807) is 0 Å². The van der Waals surface area contributed by atoms with Crippen LogP contribution in [0.1, 0.15) is 79.1 Å². The highest BCUT2D eigenvalue weighted by atomic mass is 16.3. The van der Waals surface area contributed by atoms with E-state index in [-0.39, 0.29) is 5.41 Å². The fraction of sp³-hybridized carbons (Fsp3) is 0.900. The van der Waals surface area contributed by atoms with E-state index in [1.165, 1.54) is 38.5 Å². The first-order valence-corrected chi connectivity index (χ1v) is 9.01. The van der Waals surface area contributed by atoms with Crippen LogP contribution >= 0.6 is 0 Å². The number of hydrogen-bond donors (Lipinski definition) is 1. The van der Waals surface area contributed by atoms with Crippen molar-refractivity contribution < 1.29 is 5.11 Å². The Hall–Kier alpha value is -0.300. The molecule has 3 rings (SSSR count). The lowest BCUT2D eigenvalue weighted by Gasteiger charge is -2.64. The Morgan fingerprint density at radius 1 is 0.952 bits per heavy atom. The summed E-state index contributed by atoms with van der Waals surface area (Å²) in [7, 11) is 0. The minimum absolute atomic E-state index is 0.138. The molecular formula is C20H34O. The monoisotopic (exact) mass is 290 g/mol. The molecule has 3 aliphatic rings. The Balaban J connectivity index is 1.94. The van der Waals surface area contributed by atoms with Crippen molar-refractivity contribution in [2.24, 2.45) is 28.1 Å². The summed E-state index contributed by atoms with van der Waals surface area (Å²) in [6.45, 7) is 13.8. The van der Waals surface area contributed by atoms with E-state index < -0.39 is 5.60 Å². The lowest BCUT2D eigenvalue weighted by Crippen LogP contribution is -2.61. The molecule has 0 heterocycles. The van der Waals surface area contributed by atoms with Crippen LogP contribution in [-0.4, -0.2) is 10.7 Å². The van der Waals surface area contributed by atoms with Gasteiger partial charge in [0, 0.05) is 0 Å². The molecule has 0 aromatic heterocycles. The normalized spacial score (nSPS) is 52.6.